The van der Waals surface area contributed by atoms with Gasteiger partial charge in [-0.25, -0.2) is 0 Å². The number of pyridine rings is 1. The zero-order valence-corrected chi connectivity index (χ0v) is 12.1. The first-order valence-electron chi connectivity index (χ1n) is 7.86. The molecule has 21 heavy (non-hydrogen) atoms. The monoisotopic (exact) mass is 287 g/mol. The summed E-state index contributed by atoms with van der Waals surface area (Å²) in [6, 6.07) is 4.48. The Hall–Kier alpha value is -1.46. The molecule has 3 aliphatic heterocycles. The van der Waals surface area contributed by atoms with Crippen molar-refractivity contribution in [2.24, 2.45) is 11.8 Å². The lowest BCUT2D eigenvalue weighted by atomic mass is 10.0. The molecule has 0 saturated carbocycles. The molecule has 0 bridgehead atoms. The lowest BCUT2D eigenvalue weighted by Gasteiger charge is -2.32. The Kier molecular flexibility index (Phi) is 3.39. The molecule has 1 aromatic rings. The second kappa shape index (κ2) is 5.39. The summed E-state index contributed by atoms with van der Waals surface area (Å²) < 4.78 is 5.44. The van der Waals surface area contributed by atoms with Gasteiger partial charge in [-0.3, -0.25) is 14.7 Å². The molecule has 5 nitrogen and oxygen atoms in total. The number of amides is 1. The van der Waals surface area contributed by atoms with Crippen LogP contribution in [0, 0.1) is 11.8 Å². The van der Waals surface area contributed by atoms with Gasteiger partial charge in [0.15, 0.2) is 0 Å². The van der Waals surface area contributed by atoms with Crippen LogP contribution in [0.15, 0.2) is 24.5 Å². The predicted molar refractivity (Wildman–Crippen MR) is 79.0 cm³/mol. The molecule has 0 spiro atoms. The smallest absolute Gasteiger partial charge is 0.231 e. The van der Waals surface area contributed by atoms with Crippen molar-refractivity contribution < 1.29 is 9.53 Å². The van der Waals surface area contributed by atoms with Crippen molar-refractivity contribution in [3.8, 4) is 0 Å². The average Bonchev–Trinajstić information content (AvgIpc) is 3.09. The first kappa shape index (κ1) is 13.2. The van der Waals surface area contributed by atoms with E-state index in [2.05, 4.69) is 9.88 Å². The second-order valence-electron chi connectivity index (χ2n) is 6.32. The highest BCUT2D eigenvalue weighted by Crippen LogP contribution is 2.36. The number of carbonyl (C=O) groups is 1. The predicted octanol–water partition coefficient (Wildman–Crippen LogP) is 1.16. The molecule has 0 radical (unpaired) electrons. The van der Waals surface area contributed by atoms with Gasteiger partial charge in [0, 0.05) is 51.0 Å². The summed E-state index contributed by atoms with van der Waals surface area (Å²) in [5.74, 6) is 0.927. The number of aromatic nitrogens is 1. The molecule has 0 N–H and O–H groups in total. The van der Waals surface area contributed by atoms with Crippen LogP contribution in [0.1, 0.15) is 12.8 Å². The number of hydrogen-bond donors (Lipinski definition) is 0. The van der Waals surface area contributed by atoms with Crippen molar-refractivity contribution >= 4 is 11.6 Å². The van der Waals surface area contributed by atoms with Crippen LogP contribution in [0.3, 0.4) is 0 Å². The quantitative estimate of drug-likeness (QED) is 0.819. The molecule has 112 valence electrons. The van der Waals surface area contributed by atoms with Crippen LogP contribution in [0.5, 0.6) is 0 Å². The molecule has 3 aliphatic rings. The van der Waals surface area contributed by atoms with Crippen molar-refractivity contribution in [1.29, 1.82) is 0 Å². The minimum atomic E-state index is 0.174. The zero-order chi connectivity index (χ0) is 14.2. The molecule has 3 fully saturated rings. The molecule has 3 saturated heterocycles. The fourth-order valence-corrected chi connectivity index (χ4v) is 3.99. The summed E-state index contributed by atoms with van der Waals surface area (Å²) in [6.45, 7) is 4.55. The maximum absolute atomic E-state index is 12.7. The minimum Gasteiger partial charge on any atom is -0.381 e. The van der Waals surface area contributed by atoms with Gasteiger partial charge >= 0.3 is 0 Å². The maximum Gasteiger partial charge on any atom is 0.231 e. The van der Waals surface area contributed by atoms with Crippen molar-refractivity contribution in [3.05, 3.63) is 24.5 Å². The lowest BCUT2D eigenvalue weighted by molar-refractivity contribution is -0.120. The average molecular weight is 287 g/mol. The first-order chi connectivity index (χ1) is 10.3. The van der Waals surface area contributed by atoms with Gasteiger partial charge in [0.2, 0.25) is 5.91 Å². The Morgan fingerprint density at radius 1 is 1.19 bits per heavy atom. The third kappa shape index (κ3) is 2.34. The van der Waals surface area contributed by atoms with Crippen molar-refractivity contribution in [2.75, 3.05) is 37.7 Å². The fourth-order valence-electron chi connectivity index (χ4n) is 3.99. The summed E-state index contributed by atoms with van der Waals surface area (Å²) in [4.78, 5) is 21.2. The number of fused-ring (bicyclic) bond motifs is 1. The van der Waals surface area contributed by atoms with E-state index in [1.165, 1.54) is 0 Å². The van der Waals surface area contributed by atoms with Gasteiger partial charge in [-0.15, -0.1) is 0 Å². The van der Waals surface area contributed by atoms with E-state index in [1.807, 2.05) is 17.0 Å². The van der Waals surface area contributed by atoms with Crippen LogP contribution in [0.25, 0.3) is 0 Å². The third-order valence-electron chi connectivity index (χ3n) is 5.13. The summed E-state index contributed by atoms with van der Waals surface area (Å²) in [7, 11) is 0. The number of anilines is 1. The van der Waals surface area contributed by atoms with Crippen LogP contribution in [-0.2, 0) is 9.53 Å². The Morgan fingerprint density at radius 3 is 2.76 bits per heavy atom. The van der Waals surface area contributed by atoms with Crippen molar-refractivity contribution in [3.63, 3.8) is 0 Å². The molecule has 4 heterocycles. The summed E-state index contributed by atoms with van der Waals surface area (Å²) in [6.07, 6.45) is 5.76. The Balaban J connectivity index is 1.45. The molecule has 0 aromatic carbocycles. The Morgan fingerprint density at radius 2 is 2.05 bits per heavy atom. The van der Waals surface area contributed by atoms with E-state index in [1.54, 1.807) is 12.4 Å². The molecular weight excluding hydrogens is 266 g/mol. The van der Waals surface area contributed by atoms with E-state index >= 15 is 0 Å². The van der Waals surface area contributed by atoms with E-state index < -0.39 is 0 Å². The number of carbonyl (C=O) groups excluding carboxylic acids is 1. The Labute approximate surface area is 124 Å². The van der Waals surface area contributed by atoms with Crippen LogP contribution >= 0.6 is 0 Å². The van der Waals surface area contributed by atoms with Crippen molar-refractivity contribution in [1.82, 2.24) is 9.88 Å². The lowest BCUT2D eigenvalue weighted by Crippen LogP contribution is -2.40. The van der Waals surface area contributed by atoms with Gasteiger partial charge in [0.1, 0.15) is 0 Å². The Bertz CT molecular complexity index is 516. The van der Waals surface area contributed by atoms with Gasteiger partial charge in [-0.2, -0.15) is 0 Å². The largest absolute Gasteiger partial charge is 0.381 e. The summed E-state index contributed by atoms with van der Waals surface area (Å²) in [5, 5.41) is 0. The maximum atomic E-state index is 12.7. The van der Waals surface area contributed by atoms with E-state index in [-0.39, 0.29) is 11.8 Å². The molecule has 0 unspecified atom stereocenters. The molecule has 2 atom stereocenters. The topological polar surface area (TPSA) is 45.7 Å². The number of ether oxygens (including phenoxy) is 1. The first-order valence-corrected chi connectivity index (χ1v) is 7.86. The van der Waals surface area contributed by atoms with Gasteiger partial charge < -0.3 is 9.64 Å². The van der Waals surface area contributed by atoms with E-state index in [4.69, 9.17) is 4.74 Å². The summed E-state index contributed by atoms with van der Waals surface area (Å²) >= 11 is 0. The number of hydrogen-bond acceptors (Lipinski definition) is 4. The highest BCUT2D eigenvalue weighted by atomic mass is 16.5. The van der Waals surface area contributed by atoms with Gasteiger partial charge in [-0.05, 0) is 25.0 Å². The zero-order valence-electron chi connectivity index (χ0n) is 12.1. The van der Waals surface area contributed by atoms with Crippen LogP contribution in [-0.4, -0.2) is 54.7 Å². The highest BCUT2D eigenvalue weighted by Gasteiger charge is 2.47. The third-order valence-corrected chi connectivity index (χ3v) is 5.13. The van der Waals surface area contributed by atoms with Crippen molar-refractivity contribution in [2.45, 2.75) is 18.9 Å². The van der Waals surface area contributed by atoms with Crippen LogP contribution < -0.4 is 4.90 Å². The molecule has 0 aliphatic carbocycles. The van der Waals surface area contributed by atoms with E-state index in [0.29, 0.717) is 12.0 Å². The minimum absolute atomic E-state index is 0.174. The van der Waals surface area contributed by atoms with E-state index in [9.17, 15) is 4.79 Å². The van der Waals surface area contributed by atoms with Gasteiger partial charge in [0.05, 0.1) is 17.8 Å². The van der Waals surface area contributed by atoms with Gasteiger partial charge in [0.25, 0.3) is 0 Å². The molecule has 1 aromatic heterocycles. The normalized spacial score (nSPS) is 30.9. The molecular formula is C16H21N3O2. The number of nitrogens with zero attached hydrogens (tertiary/aromatic N) is 3. The SMILES string of the molecule is O=C1[C@@H]2CN(C3CCOCC3)C[C@@H]2CN1c1cccnc1. The number of rotatable bonds is 2. The van der Waals surface area contributed by atoms with Crippen LogP contribution in [0.2, 0.25) is 0 Å². The molecule has 1 amide bonds. The highest BCUT2D eigenvalue weighted by molar-refractivity contribution is 5.97. The summed E-state index contributed by atoms with van der Waals surface area (Å²) in [5.41, 5.74) is 0.939. The van der Waals surface area contributed by atoms with Gasteiger partial charge in [-0.1, -0.05) is 0 Å². The molecule has 5 heteroatoms. The fraction of sp³-hybridized carbons (Fsp3) is 0.625. The second-order valence-corrected chi connectivity index (χ2v) is 6.32. The molecule has 4 rings (SSSR count). The number of likely N-dealkylation sites (tertiary alicyclic amines) is 1. The van der Waals surface area contributed by atoms with E-state index in [0.717, 1.165) is 51.4 Å². The standard InChI is InChI=1S/C16H21N3O2/c20-16-15-11-18(13-3-6-21-7-4-13)9-12(15)10-19(16)14-2-1-5-17-8-14/h1-2,5,8,12-13,15H,3-4,6-7,9-11H2/t12-,15-/m1/s1. The van der Waals surface area contributed by atoms with Crippen LogP contribution in [0.4, 0.5) is 5.69 Å².